The molecule has 5 rings (SSSR count). The van der Waals surface area contributed by atoms with Gasteiger partial charge in [-0.05, 0) is 37.8 Å². The van der Waals surface area contributed by atoms with E-state index < -0.39 is 11.7 Å². The van der Waals surface area contributed by atoms with E-state index in [4.69, 9.17) is 4.42 Å². The molecule has 1 aromatic carbocycles. The second kappa shape index (κ2) is 7.61. The molecule has 1 amide bonds. The van der Waals surface area contributed by atoms with Gasteiger partial charge in [-0.3, -0.25) is 4.79 Å². The molecule has 7 nitrogen and oxygen atoms in total. The number of aromatic nitrogens is 3. The smallest absolute Gasteiger partial charge is 0.419 e. The summed E-state index contributed by atoms with van der Waals surface area (Å²) in [4.78, 5) is 27.3. The number of amides is 1. The van der Waals surface area contributed by atoms with Crippen LogP contribution in [0.3, 0.4) is 0 Å². The van der Waals surface area contributed by atoms with Gasteiger partial charge in [0.1, 0.15) is 6.26 Å². The number of oxazole rings is 1. The number of benzene rings is 1. The van der Waals surface area contributed by atoms with E-state index in [9.17, 15) is 18.0 Å². The molecule has 2 saturated heterocycles. The van der Waals surface area contributed by atoms with E-state index >= 15 is 0 Å². The van der Waals surface area contributed by atoms with Gasteiger partial charge in [0.15, 0.2) is 0 Å². The molecule has 0 unspecified atom stereocenters. The Hall–Kier alpha value is -3.43. The summed E-state index contributed by atoms with van der Waals surface area (Å²) in [5, 5.41) is 3.13. The van der Waals surface area contributed by atoms with Crippen molar-refractivity contribution in [2.75, 3.05) is 5.32 Å². The van der Waals surface area contributed by atoms with Gasteiger partial charge in [-0.15, -0.1) is 0 Å². The number of rotatable bonds is 4. The Bertz CT molecular complexity index is 1130. The number of hydrogen-bond donors (Lipinski definition) is 1. The Morgan fingerprint density at radius 2 is 1.97 bits per heavy atom. The van der Waals surface area contributed by atoms with Gasteiger partial charge in [-0.1, -0.05) is 12.1 Å². The van der Waals surface area contributed by atoms with Gasteiger partial charge < -0.3 is 14.6 Å². The lowest BCUT2D eigenvalue weighted by atomic mass is 9.96. The van der Waals surface area contributed by atoms with Crippen molar-refractivity contribution in [3.8, 4) is 11.5 Å². The van der Waals surface area contributed by atoms with Crippen LogP contribution in [0.2, 0.25) is 0 Å². The molecule has 4 heterocycles. The minimum absolute atomic E-state index is 0.0392. The minimum atomic E-state index is -4.48. The highest BCUT2D eigenvalue weighted by Crippen LogP contribution is 2.41. The zero-order valence-electron chi connectivity index (χ0n) is 17.1. The minimum Gasteiger partial charge on any atom is -0.444 e. The van der Waals surface area contributed by atoms with Crippen molar-refractivity contribution in [2.45, 2.75) is 50.5 Å². The van der Waals surface area contributed by atoms with Crippen LogP contribution < -0.4 is 5.32 Å². The van der Waals surface area contributed by atoms with Crippen LogP contribution in [0.1, 0.15) is 40.7 Å². The highest BCUT2D eigenvalue weighted by Gasteiger charge is 2.49. The number of hydrogen-bond acceptors (Lipinski definition) is 6. The molecule has 0 aliphatic carbocycles. The van der Waals surface area contributed by atoms with E-state index in [2.05, 4.69) is 20.3 Å². The maximum absolute atomic E-state index is 13.6. The molecular formula is C22H20F3N5O2. The van der Waals surface area contributed by atoms with Crippen molar-refractivity contribution in [1.29, 1.82) is 0 Å². The first-order valence-electron chi connectivity index (χ1n) is 10.3. The van der Waals surface area contributed by atoms with Crippen molar-refractivity contribution in [2.24, 2.45) is 0 Å². The molecule has 1 N–H and O–H groups in total. The van der Waals surface area contributed by atoms with Crippen LogP contribution in [0.25, 0.3) is 11.5 Å². The van der Waals surface area contributed by atoms with Crippen molar-refractivity contribution in [1.82, 2.24) is 19.9 Å². The number of halogens is 3. The topological polar surface area (TPSA) is 84.2 Å². The van der Waals surface area contributed by atoms with Crippen molar-refractivity contribution in [3.63, 3.8) is 0 Å². The molecule has 3 aromatic rings. The number of aryl methyl sites for hydroxylation is 1. The predicted octanol–water partition coefficient (Wildman–Crippen LogP) is 4.32. The van der Waals surface area contributed by atoms with Gasteiger partial charge in [-0.2, -0.15) is 13.2 Å². The number of anilines is 1. The van der Waals surface area contributed by atoms with Crippen LogP contribution in [0.15, 0.2) is 47.5 Å². The zero-order valence-corrected chi connectivity index (χ0v) is 17.1. The quantitative estimate of drug-likeness (QED) is 0.647. The van der Waals surface area contributed by atoms with Crippen LogP contribution in [-0.4, -0.2) is 43.9 Å². The lowest BCUT2D eigenvalue weighted by Gasteiger charge is -2.26. The molecule has 2 aromatic heterocycles. The number of carbonyl (C=O) groups excluding carboxylic acids is 1. The lowest BCUT2D eigenvalue weighted by molar-refractivity contribution is -0.138. The molecule has 32 heavy (non-hydrogen) atoms. The second-order valence-electron chi connectivity index (χ2n) is 8.13. The SMILES string of the molecule is Cc1cccc(C(=O)N2[C@@H]3CC[C@H]2[C@H](Nc2ncc(C(F)(F)F)cn2)C3)c1-c1ncco1. The lowest BCUT2D eigenvalue weighted by Crippen LogP contribution is -2.40. The fourth-order valence-electron chi connectivity index (χ4n) is 4.79. The Kier molecular flexibility index (Phi) is 4.87. The molecule has 2 bridgehead atoms. The first kappa shape index (κ1) is 20.5. The van der Waals surface area contributed by atoms with E-state index in [1.54, 1.807) is 12.3 Å². The Morgan fingerprint density at radius 1 is 1.19 bits per heavy atom. The van der Waals surface area contributed by atoms with Gasteiger partial charge in [0.2, 0.25) is 11.8 Å². The van der Waals surface area contributed by atoms with Crippen LogP contribution in [0.5, 0.6) is 0 Å². The molecule has 10 heteroatoms. The van der Waals surface area contributed by atoms with Gasteiger partial charge in [0, 0.05) is 18.4 Å². The summed E-state index contributed by atoms with van der Waals surface area (Å²) in [6.07, 6.45) is 2.42. The van der Waals surface area contributed by atoms with E-state index in [0.29, 0.717) is 23.4 Å². The Labute approximate surface area is 181 Å². The molecule has 2 fully saturated rings. The van der Waals surface area contributed by atoms with Crippen LogP contribution in [0, 0.1) is 6.92 Å². The number of nitrogens with zero attached hydrogens (tertiary/aromatic N) is 4. The fourth-order valence-corrected chi connectivity index (χ4v) is 4.79. The Balaban J connectivity index is 1.38. The summed E-state index contributed by atoms with van der Waals surface area (Å²) in [7, 11) is 0. The molecule has 0 spiro atoms. The predicted molar refractivity (Wildman–Crippen MR) is 109 cm³/mol. The van der Waals surface area contributed by atoms with Crippen LogP contribution in [-0.2, 0) is 6.18 Å². The first-order chi connectivity index (χ1) is 15.3. The normalized spacial score (nSPS) is 22.4. The Morgan fingerprint density at radius 3 is 2.66 bits per heavy atom. The third-order valence-corrected chi connectivity index (χ3v) is 6.21. The monoisotopic (exact) mass is 443 g/mol. The average Bonchev–Trinajstić information content (AvgIpc) is 3.49. The number of alkyl halides is 3. The maximum Gasteiger partial charge on any atom is 0.419 e. The van der Waals surface area contributed by atoms with Crippen molar-refractivity contribution in [3.05, 3.63) is 59.7 Å². The average molecular weight is 443 g/mol. The van der Waals surface area contributed by atoms with Gasteiger partial charge in [0.05, 0.1) is 35.0 Å². The second-order valence-corrected chi connectivity index (χ2v) is 8.13. The van der Waals surface area contributed by atoms with Gasteiger partial charge in [0.25, 0.3) is 5.91 Å². The highest BCUT2D eigenvalue weighted by molar-refractivity contribution is 6.01. The molecular weight excluding hydrogens is 423 g/mol. The van der Waals surface area contributed by atoms with Crippen molar-refractivity contribution < 1.29 is 22.4 Å². The zero-order chi connectivity index (χ0) is 22.5. The molecule has 0 radical (unpaired) electrons. The van der Waals surface area contributed by atoms with Crippen molar-refractivity contribution >= 4 is 11.9 Å². The summed E-state index contributed by atoms with van der Waals surface area (Å²) in [5.74, 6) is 0.414. The van der Waals surface area contributed by atoms with E-state index in [1.807, 2.05) is 24.0 Å². The van der Waals surface area contributed by atoms with E-state index in [0.717, 1.165) is 30.8 Å². The van der Waals surface area contributed by atoms with E-state index in [-0.39, 0.29) is 30.0 Å². The van der Waals surface area contributed by atoms with Gasteiger partial charge in [-0.25, -0.2) is 15.0 Å². The van der Waals surface area contributed by atoms with Crippen LogP contribution in [0.4, 0.5) is 19.1 Å². The number of fused-ring (bicyclic) bond motifs is 2. The number of carbonyl (C=O) groups is 1. The fraction of sp³-hybridized carbons (Fsp3) is 0.364. The largest absolute Gasteiger partial charge is 0.444 e. The molecule has 166 valence electrons. The van der Waals surface area contributed by atoms with Crippen LogP contribution >= 0.6 is 0 Å². The summed E-state index contributed by atoms with van der Waals surface area (Å²) < 4.78 is 43.7. The first-order valence-corrected chi connectivity index (χ1v) is 10.3. The summed E-state index contributed by atoms with van der Waals surface area (Å²) in [5.41, 5.74) is 1.18. The third kappa shape index (κ3) is 3.49. The number of nitrogens with one attached hydrogen (secondary N) is 1. The van der Waals surface area contributed by atoms with E-state index in [1.165, 1.54) is 6.26 Å². The summed E-state index contributed by atoms with van der Waals surface area (Å²) in [6.45, 7) is 1.90. The van der Waals surface area contributed by atoms with Gasteiger partial charge >= 0.3 is 6.18 Å². The molecule has 2 aliphatic rings. The molecule has 3 atom stereocenters. The molecule has 0 saturated carbocycles. The maximum atomic E-state index is 13.6. The third-order valence-electron chi connectivity index (χ3n) is 6.21. The molecule has 2 aliphatic heterocycles. The standard InChI is InChI=1S/C22H20F3N5O2/c1-12-3-2-4-15(18(12)19-26-7-8-32-19)20(31)30-14-5-6-17(30)16(9-14)29-21-27-10-13(11-28-21)22(23,24)25/h2-4,7-8,10-11,14,16-17H,5-6,9H2,1H3,(H,27,28,29)/t14-,16-,17+/m1/s1. The highest BCUT2D eigenvalue weighted by atomic mass is 19.4. The summed E-state index contributed by atoms with van der Waals surface area (Å²) in [6, 6.07) is 5.31. The summed E-state index contributed by atoms with van der Waals surface area (Å²) >= 11 is 0.